The lowest BCUT2D eigenvalue weighted by Gasteiger charge is -2.07. The zero-order chi connectivity index (χ0) is 20.2. The van der Waals surface area contributed by atoms with Crippen molar-refractivity contribution in [3.8, 4) is 16.3 Å². The Morgan fingerprint density at radius 3 is 2.83 bits per heavy atom. The number of hydrogen-bond donors (Lipinski definition) is 1. The zero-order valence-electron chi connectivity index (χ0n) is 16.3. The third kappa shape index (κ3) is 4.46. The van der Waals surface area contributed by atoms with Gasteiger partial charge in [0.25, 0.3) is 0 Å². The largest absolute Gasteiger partial charge is 0.493 e. The molecule has 148 valence electrons. The lowest BCUT2D eigenvalue weighted by atomic mass is 10.2. The number of amides is 1. The van der Waals surface area contributed by atoms with Crippen LogP contribution >= 0.6 is 22.7 Å². The first-order valence-electron chi connectivity index (χ1n) is 9.52. The number of carbonyl (C=O) groups excluding carboxylic acids is 1. The molecule has 2 heterocycles. The Bertz CT molecular complexity index is 1150. The van der Waals surface area contributed by atoms with Crippen LogP contribution in [0, 0.1) is 0 Å². The fraction of sp³-hybridized carbons (Fsp3) is 0.227. The van der Waals surface area contributed by atoms with E-state index in [0.717, 1.165) is 38.7 Å². The van der Waals surface area contributed by atoms with Crippen molar-refractivity contribution in [2.45, 2.75) is 26.7 Å². The van der Waals surface area contributed by atoms with Crippen LogP contribution in [0.25, 0.3) is 20.8 Å². The summed E-state index contributed by atoms with van der Waals surface area (Å²) in [6.07, 6.45) is 1.19. The number of hydrogen-bond acceptors (Lipinski definition) is 6. The number of aromatic nitrogens is 2. The van der Waals surface area contributed by atoms with Crippen molar-refractivity contribution in [2.24, 2.45) is 0 Å². The predicted molar refractivity (Wildman–Crippen MR) is 120 cm³/mol. The van der Waals surface area contributed by atoms with Gasteiger partial charge in [-0.2, -0.15) is 0 Å². The molecule has 0 radical (unpaired) electrons. The molecule has 0 aliphatic heterocycles. The molecule has 0 saturated carbocycles. The highest BCUT2D eigenvalue weighted by atomic mass is 32.1. The number of nitrogens with zero attached hydrogens (tertiary/aromatic N) is 2. The summed E-state index contributed by atoms with van der Waals surface area (Å²) in [6, 6.07) is 14.0. The summed E-state index contributed by atoms with van der Waals surface area (Å²) in [7, 11) is 0. The van der Waals surface area contributed by atoms with Crippen molar-refractivity contribution >= 4 is 43.9 Å². The Kier molecular flexibility index (Phi) is 5.87. The monoisotopic (exact) mass is 423 g/mol. The summed E-state index contributed by atoms with van der Waals surface area (Å²) >= 11 is 3.01. The molecule has 0 unspecified atom stereocenters. The van der Waals surface area contributed by atoms with Crippen molar-refractivity contribution in [3.63, 3.8) is 0 Å². The zero-order valence-corrected chi connectivity index (χ0v) is 17.9. The number of nitrogens with one attached hydrogen (secondary N) is 1. The van der Waals surface area contributed by atoms with Gasteiger partial charge in [-0.25, -0.2) is 9.97 Å². The maximum atomic E-state index is 12.5. The average molecular weight is 424 g/mol. The fourth-order valence-electron chi connectivity index (χ4n) is 3.01. The van der Waals surface area contributed by atoms with Crippen LogP contribution in [-0.4, -0.2) is 22.5 Å². The van der Waals surface area contributed by atoms with E-state index < -0.39 is 0 Å². The molecule has 0 aliphatic carbocycles. The summed E-state index contributed by atoms with van der Waals surface area (Å²) < 4.78 is 6.77. The van der Waals surface area contributed by atoms with Gasteiger partial charge in [-0.1, -0.05) is 36.5 Å². The van der Waals surface area contributed by atoms with Gasteiger partial charge in [0, 0.05) is 5.38 Å². The highest BCUT2D eigenvalue weighted by Gasteiger charge is 2.14. The Labute approximate surface area is 177 Å². The summed E-state index contributed by atoms with van der Waals surface area (Å²) in [5.41, 5.74) is 3.86. The molecule has 2 aromatic heterocycles. The Morgan fingerprint density at radius 2 is 2.00 bits per heavy atom. The highest BCUT2D eigenvalue weighted by Crippen LogP contribution is 2.32. The first kappa shape index (κ1) is 19.5. The minimum absolute atomic E-state index is 0.116. The highest BCUT2D eigenvalue weighted by molar-refractivity contribution is 7.22. The normalized spacial score (nSPS) is 11.0. The molecule has 7 heteroatoms. The van der Waals surface area contributed by atoms with Crippen molar-refractivity contribution in [3.05, 3.63) is 59.1 Å². The van der Waals surface area contributed by atoms with Crippen LogP contribution in [0.2, 0.25) is 0 Å². The topological polar surface area (TPSA) is 64.1 Å². The molecule has 0 fully saturated rings. The molecular weight excluding hydrogens is 402 g/mol. The minimum Gasteiger partial charge on any atom is -0.493 e. The lowest BCUT2D eigenvalue weighted by molar-refractivity contribution is -0.115. The van der Waals surface area contributed by atoms with Crippen molar-refractivity contribution in [1.29, 1.82) is 0 Å². The van der Waals surface area contributed by atoms with E-state index in [9.17, 15) is 4.79 Å². The molecule has 0 bridgehead atoms. The summed E-state index contributed by atoms with van der Waals surface area (Å²) in [5, 5.41) is 6.30. The van der Waals surface area contributed by atoms with Crippen molar-refractivity contribution in [2.75, 3.05) is 11.9 Å². The van der Waals surface area contributed by atoms with Gasteiger partial charge in [-0.05, 0) is 43.2 Å². The van der Waals surface area contributed by atoms with Gasteiger partial charge in [0.2, 0.25) is 5.91 Å². The molecule has 1 amide bonds. The molecule has 5 nitrogen and oxygen atoms in total. The number of aryl methyl sites for hydroxylation is 1. The molecule has 0 aliphatic rings. The second-order valence-corrected chi connectivity index (χ2v) is 8.36. The first-order chi connectivity index (χ1) is 14.2. The van der Waals surface area contributed by atoms with Crippen LogP contribution in [-0.2, 0) is 17.6 Å². The van der Waals surface area contributed by atoms with Crippen molar-refractivity contribution < 1.29 is 9.53 Å². The molecular formula is C22H21N3O2S2. The van der Waals surface area contributed by atoms with Crippen LogP contribution in [0.5, 0.6) is 5.75 Å². The quantitative estimate of drug-likeness (QED) is 0.422. The number of benzene rings is 2. The summed E-state index contributed by atoms with van der Waals surface area (Å²) in [5.74, 6) is 0.691. The van der Waals surface area contributed by atoms with Crippen LogP contribution in [0.15, 0.2) is 47.8 Å². The van der Waals surface area contributed by atoms with E-state index in [1.54, 1.807) is 0 Å². The lowest BCUT2D eigenvalue weighted by Crippen LogP contribution is -2.14. The Morgan fingerprint density at radius 1 is 1.14 bits per heavy atom. The number of fused-ring (bicyclic) bond motifs is 1. The van der Waals surface area contributed by atoms with Gasteiger partial charge < -0.3 is 10.1 Å². The van der Waals surface area contributed by atoms with Crippen LogP contribution in [0.4, 0.5) is 5.13 Å². The molecule has 1 N–H and O–H groups in total. The minimum atomic E-state index is -0.116. The van der Waals surface area contributed by atoms with E-state index in [2.05, 4.69) is 34.3 Å². The first-order valence-corrected chi connectivity index (χ1v) is 11.2. The van der Waals surface area contributed by atoms with Crippen LogP contribution in [0.1, 0.15) is 25.1 Å². The third-order valence-corrected chi connectivity index (χ3v) is 6.28. The van der Waals surface area contributed by atoms with Crippen LogP contribution < -0.4 is 10.1 Å². The van der Waals surface area contributed by atoms with E-state index >= 15 is 0 Å². The predicted octanol–water partition coefficient (Wildman–Crippen LogP) is 5.56. The number of rotatable bonds is 7. The third-order valence-electron chi connectivity index (χ3n) is 4.42. The van der Waals surface area contributed by atoms with E-state index in [1.807, 2.05) is 42.6 Å². The molecule has 0 saturated heterocycles. The summed E-state index contributed by atoms with van der Waals surface area (Å²) in [4.78, 5) is 21.6. The maximum absolute atomic E-state index is 12.5. The summed E-state index contributed by atoms with van der Waals surface area (Å²) in [6.45, 7) is 4.68. The SMILES string of the molecule is CCOc1ccccc1-c1nc(CC(=O)Nc2nc3ccc(CC)cc3s2)cs1. The number of para-hydroxylation sites is 1. The molecule has 4 rings (SSSR count). The van der Waals surface area contributed by atoms with Gasteiger partial charge >= 0.3 is 0 Å². The number of anilines is 1. The van der Waals surface area contributed by atoms with Crippen molar-refractivity contribution in [1.82, 2.24) is 9.97 Å². The maximum Gasteiger partial charge on any atom is 0.232 e. The average Bonchev–Trinajstić information content (AvgIpc) is 3.34. The number of carbonyl (C=O) groups is 1. The number of ether oxygens (including phenoxy) is 1. The van der Waals surface area contributed by atoms with Gasteiger partial charge in [0.1, 0.15) is 10.8 Å². The number of thiazole rings is 2. The standard InChI is InChI=1S/C22H21N3O2S2/c1-3-14-9-10-17-19(11-14)29-22(24-17)25-20(26)12-15-13-28-21(23-15)16-7-5-6-8-18(16)27-4-2/h5-11,13H,3-4,12H2,1-2H3,(H,24,25,26). The van der Waals surface area contributed by atoms with E-state index in [1.165, 1.54) is 28.2 Å². The Balaban J connectivity index is 1.46. The molecule has 0 atom stereocenters. The second-order valence-electron chi connectivity index (χ2n) is 6.47. The van der Waals surface area contributed by atoms with Gasteiger partial charge in [-0.3, -0.25) is 4.79 Å². The molecule has 4 aromatic rings. The molecule has 29 heavy (non-hydrogen) atoms. The van der Waals surface area contributed by atoms with E-state index in [4.69, 9.17) is 4.74 Å². The fourth-order valence-corrected chi connectivity index (χ4v) is 4.80. The molecule has 2 aromatic carbocycles. The van der Waals surface area contributed by atoms with E-state index in [0.29, 0.717) is 11.7 Å². The van der Waals surface area contributed by atoms with Gasteiger partial charge in [0.05, 0.1) is 34.5 Å². The van der Waals surface area contributed by atoms with E-state index in [-0.39, 0.29) is 12.3 Å². The van der Waals surface area contributed by atoms with Gasteiger partial charge in [0.15, 0.2) is 5.13 Å². The van der Waals surface area contributed by atoms with Gasteiger partial charge in [-0.15, -0.1) is 11.3 Å². The van der Waals surface area contributed by atoms with Crippen LogP contribution in [0.3, 0.4) is 0 Å². The Hall–Kier alpha value is -2.77. The molecule has 0 spiro atoms. The second kappa shape index (κ2) is 8.71. The smallest absolute Gasteiger partial charge is 0.232 e.